The van der Waals surface area contributed by atoms with E-state index in [0.717, 1.165) is 51.3 Å². The molecule has 8 nitrogen and oxygen atoms in total. The van der Waals surface area contributed by atoms with E-state index in [4.69, 9.17) is 4.74 Å². The number of benzene rings is 2. The molecule has 4 heterocycles. The molecule has 0 N–H and O–H groups in total. The van der Waals surface area contributed by atoms with Crippen LogP contribution in [0.1, 0.15) is 5.56 Å². The second kappa shape index (κ2) is 10.7. The van der Waals surface area contributed by atoms with Crippen LogP contribution in [-0.2, 0) is 16.1 Å². The number of rotatable bonds is 4. The van der Waals surface area contributed by atoms with E-state index in [0.29, 0.717) is 51.8 Å². The largest absolute Gasteiger partial charge is 0.379 e. The number of nitrogens with zero attached hydrogens (tertiary/aromatic N) is 5. The average molecular weight is 550 g/mol. The van der Waals surface area contributed by atoms with E-state index in [1.54, 1.807) is 16.7 Å². The second-order valence-electron chi connectivity index (χ2n) is 10.3. The van der Waals surface area contributed by atoms with E-state index in [2.05, 4.69) is 34.4 Å². The Morgan fingerprint density at radius 2 is 1.85 bits per heavy atom. The lowest BCUT2D eigenvalue weighted by molar-refractivity contribution is -0.126. The number of thioether (sulfide) groups is 1. The number of aromatic nitrogens is 2. The highest BCUT2D eigenvalue weighted by molar-refractivity contribution is 7.99. The predicted molar refractivity (Wildman–Crippen MR) is 152 cm³/mol. The molecule has 1 aromatic heterocycles. The van der Waals surface area contributed by atoms with Crippen molar-refractivity contribution in [2.24, 2.45) is 0 Å². The third-order valence-electron chi connectivity index (χ3n) is 7.97. The predicted octanol–water partition coefficient (Wildman–Crippen LogP) is 3.15. The van der Waals surface area contributed by atoms with E-state index in [1.807, 2.05) is 16.7 Å². The van der Waals surface area contributed by atoms with Gasteiger partial charge in [-0.3, -0.25) is 14.3 Å². The van der Waals surface area contributed by atoms with Gasteiger partial charge in [-0.05, 0) is 42.3 Å². The molecule has 1 amide bonds. The second-order valence-corrected chi connectivity index (χ2v) is 11.3. The molecule has 1 unspecified atom stereocenters. The molecule has 0 saturated carbocycles. The summed E-state index contributed by atoms with van der Waals surface area (Å²) in [6, 6.07) is 8.87. The first-order valence-corrected chi connectivity index (χ1v) is 14.4. The van der Waals surface area contributed by atoms with Gasteiger partial charge in [0.05, 0.1) is 18.7 Å². The number of hydrogen-bond acceptors (Lipinski definition) is 7. The van der Waals surface area contributed by atoms with Gasteiger partial charge >= 0.3 is 5.69 Å². The first-order valence-electron chi connectivity index (χ1n) is 13.4. The highest BCUT2D eigenvalue weighted by atomic mass is 32.2. The number of anilines is 1. The fourth-order valence-corrected chi connectivity index (χ4v) is 7.38. The van der Waals surface area contributed by atoms with Crippen LogP contribution in [0.3, 0.4) is 0 Å². The zero-order chi connectivity index (χ0) is 27.1. The fraction of sp³-hybridized carbons (Fsp3) is 0.414. The Morgan fingerprint density at radius 1 is 1.13 bits per heavy atom. The lowest BCUT2D eigenvalue weighted by atomic mass is 9.97. The van der Waals surface area contributed by atoms with Gasteiger partial charge in [-0.25, -0.2) is 9.18 Å². The third-order valence-corrected chi connectivity index (χ3v) is 9.21. The lowest BCUT2D eigenvalue weighted by Crippen LogP contribution is -2.49. The molecule has 0 aliphatic carbocycles. The van der Waals surface area contributed by atoms with Gasteiger partial charge in [0.2, 0.25) is 5.91 Å². The number of hydrogen-bond donors (Lipinski definition) is 0. The molecule has 2 aromatic carbocycles. The number of halogens is 1. The van der Waals surface area contributed by atoms with Gasteiger partial charge in [0.25, 0.3) is 0 Å². The van der Waals surface area contributed by atoms with Crippen molar-refractivity contribution in [1.82, 2.24) is 19.4 Å². The molecule has 0 radical (unpaired) electrons. The van der Waals surface area contributed by atoms with Crippen molar-refractivity contribution in [2.75, 3.05) is 63.1 Å². The molecular formula is C29H32FN5O3S. The Morgan fingerprint density at radius 3 is 2.54 bits per heavy atom. The Balaban J connectivity index is 1.50. The van der Waals surface area contributed by atoms with Gasteiger partial charge in [-0.15, -0.1) is 11.8 Å². The normalized spacial score (nSPS) is 20.2. The zero-order valence-corrected chi connectivity index (χ0v) is 22.9. The SMILES string of the molecule is C=CC(=O)N1CCN(c2nc(=O)n3c4c(c(-c5ccc(F)cc5)c(C)cc24)SCC(N2CCOCC2)C3)CC1. The van der Waals surface area contributed by atoms with Crippen molar-refractivity contribution >= 4 is 34.4 Å². The topological polar surface area (TPSA) is 70.9 Å². The summed E-state index contributed by atoms with van der Waals surface area (Å²) in [7, 11) is 0. The average Bonchev–Trinajstić information content (AvgIpc) is 3.17. The van der Waals surface area contributed by atoms with E-state index in [9.17, 15) is 14.0 Å². The smallest absolute Gasteiger partial charge is 0.350 e. The van der Waals surface area contributed by atoms with Gasteiger partial charge in [0.1, 0.15) is 11.6 Å². The monoisotopic (exact) mass is 549 g/mol. The summed E-state index contributed by atoms with van der Waals surface area (Å²) in [5, 5.41) is 0.937. The molecule has 0 bridgehead atoms. The minimum Gasteiger partial charge on any atom is -0.379 e. The molecule has 0 spiro atoms. The summed E-state index contributed by atoms with van der Waals surface area (Å²) in [5.74, 6) is 1.13. The van der Waals surface area contributed by atoms with Crippen LogP contribution in [-0.4, -0.2) is 89.5 Å². The highest BCUT2D eigenvalue weighted by Gasteiger charge is 2.31. The molecule has 3 aliphatic heterocycles. The van der Waals surface area contributed by atoms with Crippen LogP contribution >= 0.6 is 11.8 Å². The Kier molecular flexibility index (Phi) is 7.18. The fourth-order valence-electron chi connectivity index (χ4n) is 5.92. The molecule has 6 rings (SSSR count). The summed E-state index contributed by atoms with van der Waals surface area (Å²) < 4.78 is 21.3. The van der Waals surface area contributed by atoms with E-state index >= 15 is 0 Å². The van der Waals surface area contributed by atoms with Gasteiger partial charge in [-0.1, -0.05) is 18.7 Å². The van der Waals surface area contributed by atoms with Crippen LogP contribution in [0, 0.1) is 12.7 Å². The Labute approximate surface area is 231 Å². The van der Waals surface area contributed by atoms with E-state index < -0.39 is 0 Å². The number of carbonyl (C=O) groups excluding carboxylic acids is 1. The van der Waals surface area contributed by atoms with E-state index in [-0.39, 0.29) is 23.5 Å². The summed E-state index contributed by atoms with van der Waals surface area (Å²) in [6.45, 7) is 11.5. The van der Waals surface area contributed by atoms with Crippen LogP contribution in [0.4, 0.5) is 10.2 Å². The maximum Gasteiger partial charge on any atom is 0.350 e. The maximum atomic E-state index is 13.8. The molecular weight excluding hydrogens is 517 g/mol. The van der Waals surface area contributed by atoms with Crippen molar-refractivity contribution in [2.45, 2.75) is 24.4 Å². The van der Waals surface area contributed by atoms with Gasteiger partial charge < -0.3 is 14.5 Å². The minimum absolute atomic E-state index is 0.0820. The molecule has 2 fully saturated rings. The summed E-state index contributed by atoms with van der Waals surface area (Å²) in [4.78, 5) is 37.8. The van der Waals surface area contributed by atoms with Gasteiger partial charge in [-0.2, -0.15) is 4.98 Å². The molecule has 2 saturated heterocycles. The van der Waals surface area contributed by atoms with Crippen molar-refractivity contribution in [1.29, 1.82) is 0 Å². The third kappa shape index (κ3) is 4.85. The minimum atomic E-state index is -0.277. The van der Waals surface area contributed by atoms with Gasteiger partial charge in [0, 0.05) is 73.5 Å². The van der Waals surface area contributed by atoms with Crippen LogP contribution in [0.5, 0.6) is 0 Å². The number of aryl methyl sites for hydroxylation is 1. The zero-order valence-electron chi connectivity index (χ0n) is 22.1. The number of amides is 1. The number of morpholine rings is 1. The summed E-state index contributed by atoms with van der Waals surface area (Å²) in [5.41, 5.74) is 3.63. The molecule has 10 heteroatoms. The molecule has 39 heavy (non-hydrogen) atoms. The summed E-state index contributed by atoms with van der Waals surface area (Å²) >= 11 is 1.77. The lowest BCUT2D eigenvalue weighted by Gasteiger charge is -2.36. The first kappa shape index (κ1) is 26.0. The van der Waals surface area contributed by atoms with Crippen molar-refractivity contribution in [3.63, 3.8) is 0 Å². The van der Waals surface area contributed by atoms with Crippen LogP contribution < -0.4 is 10.6 Å². The Bertz CT molecular complexity index is 1480. The van der Waals surface area contributed by atoms with Crippen molar-refractivity contribution in [3.8, 4) is 11.1 Å². The van der Waals surface area contributed by atoms with Crippen LogP contribution in [0.25, 0.3) is 22.0 Å². The van der Waals surface area contributed by atoms with Crippen molar-refractivity contribution < 1.29 is 13.9 Å². The first-order chi connectivity index (χ1) is 18.9. The summed E-state index contributed by atoms with van der Waals surface area (Å²) in [6.07, 6.45) is 1.34. The molecule has 3 aliphatic rings. The number of carbonyl (C=O) groups is 1. The molecule has 204 valence electrons. The van der Waals surface area contributed by atoms with Crippen LogP contribution in [0.2, 0.25) is 0 Å². The van der Waals surface area contributed by atoms with Crippen LogP contribution in [0.15, 0.2) is 52.7 Å². The standard InChI is InChI=1S/C29H32FN5O3S/c1-3-24(36)33-8-10-34(11-9-33)28-23-16-19(2)25(20-4-6-21(30)7-5-20)27-26(23)35(29(37)31-28)17-22(18-39-27)32-12-14-38-15-13-32/h3-7,16,22H,1,8-15,17-18H2,2H3. The molecule has 3 aromatic rings. The maximum absolute atomic E-state index is 13.8. The molecule has 1 atom stereocenters. The van der Waals surface area contributed by atoms with E-state index in [1.165, 1.54) is 18.2 Å². The highest BCUT2D eigenvalue weighted by Crippen LogP contribution is 2.43. The number of ether oxygens (including phenoxy) is 1. The number of piperazine rings is 1. The van der Waals surface area contributed by atoms with Crippen molar-refractivity contribution in [3.05, 3.63) is 64.9 Å². The van der Waals surface area contributed by atoms with Gasteiger partial charge in [0.15, 0.2) is 0 Å². The quantitative estimate of drug-likeness (QED) is 0.463. The Hall–Kier alpha value is -3.21.